The molecule has 1 unspecified atom stereocenters. The third-order valence-corrected chi connectivity index (χ3v) is 4.34. The molecule has 0 spiro atoms. The van der Waals surface area contributed by atoms with Crippen molar-refractivity contribution in [2.24, 2.45) is 5.92 Å². The molecular weight excluding hydrogens is 314 g/mol. The lowest BCUT2D eigenvalue weighted by Crippen LogP contribution is -2.35. The SMILES string of the molecule is CCC1CNCCN(C(=O)c2cc(-c3cc(F)cc(F)c3)co2)C1. The van der Waals surface area contributed by atoms with E-state index in [1.54, 1.807) is 4.90 Å². The van der Waals surface area contributed by atoms with Crippen molar-refractivity contribution in [3.05, 3.63) is 47.9 Å². The lowest BCUT2D eigenvalue weighted by atomic mass is 10.1. The number of furan rings is 1. The third kappa shape index (κ3) is 3.64. The van der Waals surface area contributed by atoms with E-state index in [0.717, 1.165) is 25.6 Å². The molecule has 1 saturated heterocycles. The molecule has 1 amide bonds. The Bertz CT molecular complexity index is 709. The van der Waals surface area contributed by atoms with Gasteiger partial charge in [0, 0.05) is 31.3 Å². The first-order chi connectivity index (χ1) is 11.6. The molecule has 3 rings (SSSR count). The van der Waals surface area contributed by atoms with Crippen LogP contribution in [0, 0.1) is 17.6 Å². The molecule has 24 heavy (non-hydrogen) atoms. The largest absolute Gasteiger partial charge is 0.459 e. The number of carbonyl (C=O) groups is 1. The fraction of sp³-hybridized carbons (Fsp3) is 0.389. The molecule has 0 bridgehead atoms. The summed E-state index contributed by atoms with van der Waals surface area (Å²) in [7, 11) is 0. The van der Waals surface area contributed by atoms with E-state index >= 15 is 0 Å². The van der Waals surface area contributed by atoms with Gasteiger partial charge in [0.15, 0.2) is 5.76 Å². The quantitative estimate of drug-likeness (QED) is 0.937. The van der Waals surface area contributed by atoms with E-state index in [0.29, 0.717) is 30.1 Å². The molecule has 1 N–H and O–H groups in total. The molecule has 0 aliphatic carbocycles. The van der Waals surface area contributed by atoms with Crippen LogP contribution in [0.1, 0.15) is 23.9 Å². The number of nitrogens with one attached hydrogen (secondary N) is 1. The second kappa shape index (κ2) is 7.13. The van der Waals surface area contributed by atoms with Crippen molar-refractivity contribution in [1.29, 1.82) is 0 Å². The Morgan fingerprint density at radius 2 is 2.00 bits per heavy atom. The fourth-order valence-corrected chi connectivity index (χ4v) is 2.92. The van der Waals surface area contributed by atoms with Crippen LogP contribution < -0.4 is 5.32 Å². The first-order valence-corrected chi connectivity index (χ1v) is 8.12. The number of halogens is 2. The Morgan fingerprint density at radius 3 is 2.71 bits per heavy atom. The van der Waals surface area contributed by atoms with E-state index in [1.807, 2.05) is 0 Å². The summed E-state index contributed by atoms with van der Waals surface area (Å²) in [6, 6.07) is 4.77. The van der Waals surface area contributed by atoms with E-state index in [2.05, 4.69) is 12.2 Å². The molecular formula is C18H20F2N2O2. The molecule has 4 nitrogen and oxygen atoms in total. The average Bonchev–Trinajstić information content (AvgIpc) is 2.92. The Morgan fingerprint density at radius 1 is 1.25 bits per heavy atom. The van der Waals surface area contributed by atoms with Crippen molar-refractivity contribution in [3.63, 3.8) is 0 Å². The first-order valence-electron chi connectivity index (χ1n) is 8.12. The van der Waals surface area contributed by atoms with Gasteiger partial charge < -0.3 is 14.6 Å². The Kier molecular flexibility index (Phi) is 4.94. The molecule has 1 aromatic carbocycles. The normalized spacial score (nSPS) is 18.5. The van der Waals surface area contributed by atoms with E-state index in [1.165, 1.54) is 24.5 Å². The Balaban J connectivity index is 1.80. The number of carbonyl (C=O) groups excluding carboxylic acids is 1. The van der Waals surface area contributed by atoms with Gasteiger partial charge in [0.05, 0.1) is 6.26 Å². The minimum atomic E-state index is -0.663. The zero-order chi connectivity index (χ0) is 17.1. The average molecular weight is 334 g/mol. The Labute approximate surface area is 139 Å². The molecule has 1 aliphatic rings. The van der Waals surface area contributed by atoms with Crippen LogP contribution in [0.3, 0.4) is 0 Å². The number of hydrogen-bond acceptors (Lipinski definition) is 3. The summed E-state index contributed by atoms with van der Waals surface area (Å²) in [5, 5.41) is 3.32. The van der Waals surface area contributed by atoms with Crippen LogP contribution in [-0.2, 0) is 0 Å². The van der Waals surface area contributed by atoms with Crippen molar-refractivity contribution in [3.8, 4) is 11.1 Å². The van der Waals surface area contributed by atoms with Gasteiger partial charge in [-0.25, -0.2) is 8.78 Å². The van der Waals surface area contributed by atoms with Crippen molar-refractivity contribution < 1.29 is 18.0 Å². The van der Waals surface area contributed by atoms with E-state index < -0.39 is 11.6 Å². The highest BCUT2D eigenvalue weighted by molar-refractivity contribution is 5.93. The van der Waals surface area contributed by atoms with Crippen molar-refractivity contribution in [1.82, 2.24) is 10.2 Å². The predicted octanol–water partition coefficient (Wildman–Crippen LogP) is 3.30. The molecule has 1 fully saturated rings. The number of nitrogens with zero attached hydrogens (tertiary/aromatic N) is 1. The van der Waals surface area contributed by atoms with Crippen LogP contribution in [0.2, 0.25) is 0 Å². The molecule has 1 atom stereocenters. The summed E-state index contributed by atoms with van der Waals surface area (Å²) in [6.07, 6.45) is 2.34. The Hall–Kier alpha value is -2.21. The van der Waals surface area contributed by atoms with Gasteiger partial charge in [-0.15, -0.1) is 0 Å². The van der Waals surface area contributed by atoms with Crippen LogP contribution in [-0.4, -0.2) is 37.0 Å². The van der Waals surface area contributed by atoms with Gasteiger partial charge in [0.25, 0.3) is 5.91 Å². The van der Waals surface area contributed by atoms with Gasteiger partial charge >= 0.3 is 0 Å². The fourth-order valence-electron chi connectivity index (χ4n) is 2.92. The summed E-state index contributed by atoms with van der Waals surface area (Å²) >= 11 is 0. The van der Waals surface area contributed by atoms with Gasteiger partial charge in [-0.1, -0.05) is 13.3 Å². The number of rotatable bonds is 3. The van der Waals surface area contributed by atoms with Gasteiger partial charge in [0.2, 0.25) is 0 Å². The lowest BCUT2D eigenvalue weighted by molar-refractivity contribution is 0.0714. The predicted molar refractivity (Wildman–Crippen MR) is 86.6 cm³/mol. The summed E-state index contributed by atoms with van der Waals surface area (Å²) in [4.78, 5) is 14.4. The highest BCUT2D eigenvalue weighted by atomic mass is 19.1. The molecule has 0 radical (unpaired) electrons. The standard InChI is InChI=1S/C18H20F2N2O2/c1-2-12-9-21-3-4-22(10-12)18(23)17-7-14(11-24-17)13-5-15(19)8-16(20)6-13/h5-8,11-12,21H,2-4,9-10H2,1H3. The van der Waals surface area contributed by atoms with Crippen molar-refractivity contribution >= 4 is 5.91 Å². The number of hydrogen-bond donors (Lipinski definition) is 1. The lowest BCUT2D eigenvalue weighted by Gasteiger charge is -2.22. The van der Waals surface area contributed by atoms with Crippen molar-refractivity contribution in [2.45, 2.75) is 13.3 Å². The van der Waals surface area contributed by atoms with Gasteiger partial charge in [-0.2, -0.15) is 0 Å². The smallest absolute Gasteiger partial charge is 0.289 e. The topological polar surface area (TPSA) is 45.5 Å². The van der Waals surface area contributed by atoms with Gasteiger partial charge in [-0.3, -0.25) is 4.79 Å². The maximum Gasteiger partial charge on any atom is 0.289 e. The molecule has 1 aromatic heterocycles. The maximum absolute atomic E-state index is 13.3. The third-order valence-electron chi connectivity index (χ3n) is 4.34. The second-order valence-corrected chi connectivity index (χ2v) is 6.09. The van der Waals surface area contributed by atoms with Crippen LogP contribution in [0.4, 0.5) is 8.78 Å². The molecule has 2 heterocycles. The maximum atomic E-state index is 13.3. The van der Waals surface area contributed by atoms with Crippen LogP contribution in [0.5, 0.6) is 0 Å². The van der Waals surface area contributed by atoms with Crippen LogP contribution in [0.25, 0.3) is 11.1 Å². The summed E-state index contributed by atoms with van der Waals surface area (Å²) in [6.45, 7) is 5.02. The minimum Gasteiger partial charge on any atom is -0.459 e. The van der Waals surface area contributed by atoms with Crippen molar-refractivity contribution in [2.75, 3.05) is 26.2 Å². The molecule has 0 saturated carbocycles. The number of amides is 1. The molecule has 6 heteroatoms. The van der Waals surface area contributed by atoms with Gasteiger partial charge in [-0.05, 0) is 36.2 Å². The molecule has 2 aromatic rings. The van der Waals surface area contributed by atoms with Gasteiger partial charge in [0.1, 0.15) is 11.6 Å². The van der Waals surface area contributed by atoms with Crippen LogP contribution >= 0.6 is 0 Å². The van der Waals surface area contributed by atoms with E-state index in [9.17, 15) is 13.6 Å². The summed E-state index contributed by atoms with van der Waals surface area (Å²) in [5.74, 6) is -0.929. The zero-order valence-corrected chi connectivity index (χ0v) is 13.5. The molecule has 1 aliphatic heterocycles. The highest BCUT2D eigenvalue weighted by Gasteiger charge is 2.24. The van der Waals surface area contributed by atoms with Crippen LogP contribution in [0.15, 0.2) is 34.9 Å². The second-order valence-electron chi connectivity index (χ2n) is 6.09. The highest BCUT2D eigenvalue weighted by Crippen LogP contribution is 2.25. The van der Waals surface area contributed by atoms with E-state index in [-0.39, 0.29) is 11.7 Å². The number of benzene rings is 1. The monoisotopic (exact) mass is 334 g/mol. The minimum absolute atomic E-state index is 0.187. The van der Waals surface area contributed by atoms with E-state index in [4.69, 9.17) is 4.42 Å². The summed E-state index contributed by atoms with van der Waals surface area (Å²) < 4.78 is 32.1. The first kappa shape index (κ1) is 16.6. The molecule has 128 valence electrons. The zero-order valence-electron chi connectivity index (χ0n) is 13.5. The summed E-state index contributed by atoms with van der Waals surface area (Å²) in [5.41, 5.74) is 0.830.